The molecule has 0 aliphatic carbocycles. The van der Waals surface area contributed by atoms with Gasteiger partial charge in [0, 0.05) is 61.4 Å². The van der Waals surface area contributed by atoms with E-state index >= 15 is 0 Å². The molecule has 0 bridgehead atoms. The van der Waals surface area contributed by atoms with Crippen molar-refractivity contribution in [2.45, 2.75) is 25.9 Å². The molecule has 0 atom stereocenters. The number of nitrogens with zero attached hydrogens (tertiary/aromatic N) is 5. The van der Waals surface area contributed by atoms with Gasteiger partial charge in [-0.3, -0.25) is 14.3 Å². The van der Waals surface area contributed by atoms with Gasteiger partial charge in [-0.25, -0.2) is 4.98 Å². The summed E-state index contributed by atoms with van der Waals surface area (Å²) in [5, 5.41) is 1.65. The molecule has 164 valence electrons. The summed E-state index contributed by atoms with van der Waals surface area (Å²) in [5.74, 6) is 0. The lowest BCUT2D eigenvalue weighted by Crippen LogP contribution is -2.46. The minimum atomic E-state index is 0.137. The summed E-state index contributed by atoms with van der Waals surface area (Å²) < 4.78 is 1.82. The Morgan fingerprint density at radius 2 is 1.97 bits per heavy atom. The van der Waals surface area contributed by atoms with Crippen LogP contribution >= 0.6 is 22.9 Å². The maximum Gasteiger partial charge on any atom is 0.262 e. The van der Waals surface area contributed by atoms with Crippen molar-refractivity contribution in [2.75, 3.05) is 51.2 Å². The van der Waals surface area contributed by atoms with E-state index in [2.05, 4.69) is 32.8 Å². The minimum absolute atomic E-state index is 0.137. The topological polar surface area (TPSA) is 44.6 Å². The van der Waals surface area contributed by atoms with E-state index in [1.54, 1.807) is 17.7 Å². The van der Waals surface area contributed by atoms with E-state index in [4.69, 9.17) is 11.6 Å². The number of hydrogen-bond donors (Lipinski definition) is 0. The molecule has 0 unspecified atom stereocenters. The molecule has 2 aromatic heterocycles. The number of rotatable bonds is 5. The molecular formula is C23H28ClN5OS. The normalized spacial score (nSPS) is 17.9. The molecule has 0 amide bonds. The number of thiophene rings is 1. The number of likely N-dealkylation sites (N-methyl/N-ethyl adjacent to an activating group) is 1. The van der Waals surface area contributed by atoms with Gasteiger partial charge < -0.3 is 9.80 Å². The van der Waals surface area contributed by atoms with Gasteiger partial charge in [-0.1, -0.05) is 17.7 Å². The molecular weight excluding hydrogens is 430 g/mol. The van der Waals surface area contributed by atoms with E-state index < -0.39 is 0 Å². The van der Waals surface area contributed by atoms with Crippen molar-refractivity contribution in [3.8, 4) is 0 Å². The number of hydrogen-bond acceptors (Lipinski definition) is 6. The zero-order valence-electron chi connectivity index (χ0n) is 17.9. The van der Waals surface area contributed by atoms with Crippen LogP contribution in [0.25, 0.3) is 10.2 Å². The van der Waals surface area contributed by atoms with Gasteiger partial charge in [0.05, 0.1) is 11.7 Å². The van der Waals surface area contributed by atoms with Gasteiger partial charge in [0.1, 0.15) is 4.83 Å². The van der Waals surface area contributed by atoms with Crippen LogP contribution in [0.5, 0.6) is 0 Å². The molecule has 8 heteroatoms. The largest absolute Gasteiger partial charge is 0.369 e. The Morgan fingerprint density at radius 1 is 1.13 bits per heavy atom. The van der Waals surface area contributed by atoms with Crippen molar-refractivity contribution in [1.29, 1.82) is 0 Å². The fraction of sp³-hybridized carbons (Fsp3) is 0.478. The van der Waals surface area contributed by atoms with Crippen LogP contribution < -0.4 is 10.5 Å². The molecule has 3 aromatic rings. The van der Waals surface area contributed by atoms with E-state index in [0.717, 1.165) is 80.4 Å². The molecule has 6 nitrogen and oxygen atoms in total. The lowest BCUT2D eigenvalue weighted by molar-refractivity contribution is 0.250. The Hall–Kier alpha value is -1.93. The first kappa shape index (κ1) is 20.9. The van der Waals surface area contributed by atoms with Crippen molar-refractivity contribution >= 4 is 38.8 Å². The Balaban J connectivity index is 1.19. The van der Waals surface area contributed by atoms with Crippen LogP contribution in [0.2, 0.25) is 5.02 Å². The molecule has 4 heterocycles. The fourth-order valence-electron chi connectivity index (χ4n) is 4.67. The highest BCUT2D eigenvalue weighted by atomic mass is 35.5. The van der Waals surface area contributed by atoms with E-state index in [1.807, 2.05) is 22.8 Å². The fourth-order valence-corrected chi connectivity index (χ4v) is 6.12. The second-order valence-electron chi connectivity index (χ2n) is 8.58. The second kappa shape index (κ2) is 8.90. The third kappa shape index (κ3) is 4.37. The molecule has 1 saturated heterocycles. The first-order chi connectivity index (χ1) is 15.1. The van der Waals surface area contributed by atoms with Gasteiger partial charge in [0.2, 0.25) is 0 Å². The van der Waals surface area contributed by atoms with Crippen LogP contribution in [0.4, 0.5) is 5.69 Å². The minimum Gasteiger partial charge on any atom is -0.369 e. The van der Waals surface area contributed by atoms with E-state index in [-0.39, 0.29) is 5.56 Å². The van der Waals surface area contributed by atoms with Crippen LogP contribution in [0.3, 0.4) is 0 Å². The van der Waals surface area contributed by atoms with E-state index in [9.17, 15) is 4.79 Å². The highest BCUT2D eigenvalue weighted by Gasteiger charge is 2.22. The Bertz CT molecular complexity index is 1130. The lowest BCUT2D eigenvalue weighted by Gasteiger charge is -2.36. The van der Waals surface area contributed by atoms with Crippen molar-refractivity contribution in [3.05, 3.63) is 56.4 Å². The summed E-state index contributed by atoms with van der Waals surface area (Å²) in [7, 11) is 2.13. The van der Waals surface area contributed by atoms with Crippen molar-refractivity contribution < 1.29 is 0 Å². The summed E-state index contributed by atoms with van der Waals surface area (Å²) in [6, 6.07) is 8.08. The lowest BCUT2D eigenvalue weighted by atomic mass is 10.1. The van der Waals surface area contributed by atoms with Crippen LogP contribution in [-0.2, 0) is 19.5 Å². The van der Waals surface area contributed by atoms with E-state index in [1.165, 1.54) is 16.1 Å². The first-order valence-corrected chi connectivity index (χ1v) is 12.2. The van der Waals surface area contributed by atoms with Crippen LogP contribution in [0.15, 0.2) is 35.4 Å². The highest BCUT2D eigenvalue weighted by Crippen LogP contribution is 2.31. The number of anilines is 1. The average Bonchev–Trinajstić information content (AvgIpc) is 3.14. The Morgan fingerprint density at radius 3 is 2.77 bits per heavy atom. The predicted octanol–water partition coefficient (Wildman–Crippen LogP) is 3.31. The summed E-state index contributed by atoms with van der Waals surface area (Å²) in [6.07, 6.45) is 3.65. The molecule has 2 aliphatic heterocycles. The SMILES string of the molecule is CN1CCc2c(sc3ncn(CCCN4CCN(c5cccc(Cl)c5)CC4)c(=O)c23)C1. The molecule has 1 aromatic carbocycles. The molecule has 31 heavy (non-hydrogen) atoms. The summed E-state index contributed by atoms with van der Waals surface area (Å²) in [5.41, 5.74) is 2.57. The van der Waals surface area contributed by atoms with Crippen LogP contribution in [0.1, 0.15) is 16.9 Å². The molecule has 1 fully saturated rings. The zero-order chi connectivity index (χ0) is 21.4. The quantitative estimate of drug-likeness (QED) is 0.588. The maximum atomic E-state index is 13.1. The molecule has 0 N–H and O–H groups in total. The molecule has 0 radical (unpaired) electrons. The van der Waals surface area contributed by atoms with Gasteiger partial charge in [-0.2, -0.15) is 0 Å². The van der Waals surface area contributed by atoms with Crippen molar-refractivity contribution in [3.63, 3.8) is 0 Å². The molecule has 0 spiro atoms. The Kier molecular flexibility index (Phi) is 6.01. The second-order valence-corrected chi connectivity index (χ2v) is 10.1. The standard InChI is InChI=1S/C23H28ClN5OS/c1-26-9-6-19-20(15-26)31-22-21(19)23(30)29(16-25-22)8-3-7-27-10-12-28(13-11-27)18-5-2-4-17(24)14-18/h2,4-5,14,16H,3,6-13,15H2,1H3. The zero-order valence-corrected chi connectivity index (χ0v) is 19.5. The number of piperazine rings is 1. The summed E-state index contributed by atoms with van der Waals surface area (Å²) in [4.78, 5) is 27.2. The molecule has 5 rings (SSSR count). The molecule has 0 saturated carbocycles. The van der Waals surface area contributed by atoms with Gasteiger partial charge in [0.25, 0.3) is 5.56 Å². The van der Waals surface area contributed by atoms with Gasteiger partial charge in [0.15, 0.2) is 0 Å². The number of benzene rings is 1. The summed E-state index contributed by atoms with van der Waals surface area (Å²) in [6.45, 7) is 7.73. The monoisotopic (exact) mass is 457 g/mol. The van der Waals surface area contributed by atoms with Crippen molar-refractivity contribution in [1.82, 2.24) is 19.4 Å². The van der Waals surface area contributed by atoms with Crippen molar-refractivity contribution in [2.24, 2.45) is 0 Å². The smallest absolute Gasteiger partial charge is 0.262 e. The highest BCUT2D eigenvalue weighted by molar-refractivity contribution is 7.18. The molecule has 2 aliphatic rings. The number of halogens is 1. The predicted molar refractivity (Wildman–Crippen MR) is 129 cm³/mol. The van der Waals surface area contributed by atoms with Gasteiger partial charge in [-0.15, -0.1) is 11.3 Å². The first-order valence-electron chi connectivity index (χ1n) is 11.0. The van der Waals surface area contributed by atoms with Gasteiger partial charge >= 0.3 is 0 Å². The number of aryl methyl sites for hydroxylation is 1. The Labute approximate surface area is 191 Å². The third-order valence-electron chi connectivity index (χ3n) is 6.44. The number of fused-ring (bicyclic) bond motifs is 3. The third-order valence-corrected chi connectivity index (χ3v) is 7.80. The maximum absolute atomic E-state index is 13.1. The summed E-state index contributed by atoms with van der Waals surface area (Å²) >= 11 is 7.82. The van der Waals surface area contributed by atoms with Gasteiger partial charge in [-0.05, 0) is 50.2 Å². The number of aromatic nitrogens is 2. The van der Waals surface area contributed by atoms with E-state index in [0.29, 0.717) is 0 Å². The van der Waals surface area contributed by atoms with Crippen LogP contribution in [0, 0.1) is 0 Å². The van der Waals surface area contributed by atoms with Crippen LogP contribution in [-0.4, -0.2) is 65.7 Å². The average molecular weight is 458 g/mol.